The second-order valence-electron chi connectivity index (χ2n) is 2.24. The van der Waals surface area contributed by atoms with Gasteiger partial charge >= 0.3 is 5.97 Å². The summed E-state index contributed by atoms with van der Waals surface area (Å²) in [5.41, 5.74) is 0. The molecule has 0 rings (SSSR count). The van der Waals surface area contributed by atoms with Crippen LogP contribution in [0.15, 0.2) is 0 Å². The van der Waals surface area contributed by atoms with Crippen LogP contribution in [0.25, 0.3) is 0 Å². The van der Waals surface area contributed by atoms with Gasteiger partial charge in [0, 0.05) is 0 Å². The van der Waals surface area contributed by atoms with Gasteiger partial charge in [-0.05, 0) is 5.92 Å². The molecule has 1 atom stereocenters. The van der Waals surface area contributed by atoms with Crippen molar-refractivity contribution in [2.45, 2.75) is 13.8 Å². The second-order valence-corrected chi connectivity index (χ2v) is 2.24. The highest BCUT2D eigenvalue weighted by atomic mass is 16.4. The van der Waals surface area contributed by atoms with Gasteiger partial charge in [-0.1, -0.05) is 13.8 Å². The van der Waals surface area contributed by atoms with Gasteiger partial charge in [-0.2, -0.15) is 0 Å². The summed E-state index contributed by atoms with van der Waals surface area (Å²) < 4.78 is 0. The predicted octanol–water partition coefficient (Wildman–Crippen LogP) is 0.542. The van der Waals surface area contributed by atoms with Crippen molar-refractivity contribution in [2.24, 2.45) is 11.8 Å². The standard InChI is InChI=1S/C6H10O3/c1-4(2)5(3-7)6(8)9/h3-5H,1-2H3,(H,8,9). The fourth-order valence-corrected chi connectivity index (χ4v) is 0.500. The smallest absolute Gasteiger partial charge is 0.313 e. The normalized spacial score (nSPS) is 13.2. The van der Waals surface area contributed by atoms with Crippen molar-refractivity contribution in [1.29, 1.82) is 0 Å². The van der Waals surface area contributed by atoms with E-state index in [1.807, 2.05) is 0 Å². The lowest BCUT2D eigenvalue weighted by atomic mass is 9.98. The van der Waals surface area contributed by atoms with E-state index in [4.69, 9.17) is 5.11 Å². The molecule has 0 amide bonds. The Morgan fingerprint density at radius 2 is 2.00 bits per heavy atom. The van der Waals surface area contributed by atoms with Crippen LogP contribution in [0.4, 0.5) is 0 Å². The van der Waals surface area contributed by atoms with Gasteiger partial charge in [0.1, 0.15) is 12.2 Å². The number of carbonyl (C=O) groups excluding carboxylic acids is 1. The maximum Gasteiger partial charge on any atom is 0.313 e. The molecule has 0 aromatic heterocycles. The topological polar surface area (TPSA) is 54.4 Å². The van der Waals surface area contributed by atoms with E-state index in [9.17, 15) is 9.59 Å². The van der Waals surface area contributed by atoms with Crippen LogP contribution in [-0.2, 0) is 9.59 Å². The van der Waals surface area contributed by atoms with Crippen molar-refractivity contribution in [3.05, 3.63) is 0 Å². The van der Waals surface area contributed by atoms with Crippen molar-refractivity contribution in [1.82, 2.24) is 0 Å². The Bertz CT molecular complexity index is 117. The van der Waals surface area contributed by atoms with Gasteiger partial charge in [0.05, 0.1) is 0 Å². The van der Waals surface area contributed by atoms with Gasteiger partial charge in [0.25, 0.3) is 0 Å². The highest BCUT2D eigenvalue weighted by molar-refractivity contribution is 5.86. The van der Waals surface area contributed by atoms with Crippen molar-refractivity contribution in [2.75, 3.05) is 0 Å². The molecule has 0 aromatic rings. The molecule has 3 heteroatoms. The SMILES string of the molecule is CC(C)C(C=O)C(=O)O. The molecule has 9 heavy (non-hydrogen) atoms. The lowest BCUT2D eigenvalue weighted by molar-refractivity contribution is -0.145. The Balaban J connectivity index is 3.98. The summed E-state index contributed by atoms with van der Waals surface area (Å²) in [5, 5.41) is 8.31. The minimum Gasteiger partial charge on any atom is -0.481 e. The third kappa shape index (κ3) is 2.26. The molecule has 0 heterocycles. The van der Waals surface area contributed by atoms with E-state index in [0.717, 1.165) is 0 Å². The average molecular weight is 130 g/mol. The lowest BCUT2D eigenvalue weighted by Crippen LogP contribution is -2.20. The molecule has 52 valence electrons. The first-order valence-electron chi connectivity index (χ1n) is 2.77. The zero-order chi connectivity index (χ0) is 7.44. The van der Waals surface area contributed by atoms with Crippen LogP contribution >= 0.6 is 0 Å². The number of carboxylic acid groups (broad SMARTS) is 1. The summed E-state index contributed by atoms with van der Waals surface area (Å²) >= 11 is 0. The number of carbonyl (C=O) groups is 2. The number of hydrogen-bond acceptors (Lipinski definition) is 2. The third-order valence-corrected chi connectivity index (χ3v) is 1.15. The largest absolute Gasteiger partial charge is 0.481 e. The quantitative estimate of drug-likeness (QED) is 0.448. The van der Waals surface area contributed by atoms with E-state index in [1.54, 1.807) is 13.8 Å². The van der Waals surface area contributed by atoms with Crippen LogP contribution in [0, 0.1) is 11.8 Å². The molecule has 1 N–H and O–H groups in total. The number of hydrogen-bond donors (Lipinski definition) is 1. The van der Waals surface area contributed by atoms with Crippen LogP contribution in [0.3, 0.4) is 0 Å². The van der Waals surface area contributed by atoms with Crippen LogP contribution in [0.5, 0.6) is 0 Å². The molecule has 0 aliphatic heterocycles. The van der Waals surface area contributed by atoms with Crippen molar-refractivity contribution in [3.63, 3.8) is 0 Å². The zero-order valence-electron chi connectivity index (χ0n) is 5.50. The minimum absolute atomic E-state index is 0.111. The molecular formula is C6H10O3. The van der Waals surface area contributed by atoms with Gasteiger partial charge < -0.3 is 9.90 Å². The van der Waals surface area contributed by atoms with Crippen LogP contribution in [-0.4, -0.2) is 17.4 Å². The monoisotopic (exact) mass is 130 g/mol. The summed E-state index contributed by atoms with van der Waals surface area (Å²) in [7, 11) is 0. The Morgan fingerprint density at radius 3 is 2.00 bits per heavy atom. The molecule has 0 bridgehead atoms. The third-order valence-electron chi connectivity index (χ3n) is 1.15. The first kappa shape index (κ1) is 8.14. The number of carboxylic acids is 1. The van der Waals surface area contributed by atoms with E-state index in [2.05, 4.69) is 0 Å². The molecule has 0 aliphatic carbocycles. The molecule has 0 fully saturated rings. The van der Waals surface area contributed by atoms with Crippen LogP contribution < -0.4 is 0 Å². The summed E-state index contributed by atoms with van der Waals surface area (Å²) in [5.74, 6) is -2.00. The van der Waals surface area contributed by atoms with Crippen LogP contribution in [0.1, 0.15) is 13.8 Å². The Morgan fingerprint density at radius 1 is 1.56 bits per heavy atom. The van der Waals surface area contributed by atoms with Gasteiger partial charge in [0.15, 0.2) is 0 Å². The summed E-state index contributed by atoms with van der Waals surface area (Å²) in [6.45, 7) is 3.40. The number of aldehydes is 1. The minimum atomic E-state index is -1.04. The van der Waals surface area contributed by atoms with E-state index < -0.39 is 11.9 Å². The molecule has 0 saturated heterocycles. The van der Waals surface area contributed by atoms with E-state index in [1.165, 1.54) is 0 Å². The first-order valence-corrected chi connectivity index (χ1v) is 2.77. The van der Waals surface area contributed by atoms with Crippen molar-refractivity contribution in [3.8, 4) is 0 Å². The van der Waals surface area contributed by atoms with Crippen LogP contribution in [0.2, 0.25) is 0 Å². The van der Waals surface area contributed by atoms with E-state index in [-0.39, 0.29) is 5.92 Å². The molecule has 0 saturated carbocycles. The first-order chi connectivity index (χ1) is 4.09. The number of rotatable bonds is 3. The maximum absolute atomic E-state index is 10.1. The molecule has 1 unspecified atom stereocenters. The fourth-order valence-electron chi connectivity index (χ4n) is 0.500. The summed E-state index contributed by atoms with van der Waals surface area (Å²) in [6, 6.07) is 0. The van der Waals surface area contributed by atoms with Gasteiger partial charge in [0.2, 0.25) is 0 Å². The zero-order valence-corrected chi connectivity index (χ0v) is 5.50. The Kier molecular flexibility index (Phi) is 2.91. The second kappa shape index (κ2) is 3.22. The van der Waals surface area contributed by atoms with Crippen molar-refractivity contribution >= 4 is 12.3 Å². The fraction of sp³-hybridized carbons (Fsp3) is 0.667. The Labute approximate surface area is 53.7 Å². The van der Waals surface area contributed by atoms with E-state index in [0.29, 0.717) is 6.29 Å². The number of aliphatic carboxylic acids is 1. The van der Waals surface area contributed by atoms with Crippen molar-refractivity contribution < 1.29 is 14.7 Å². The summed E-state index contributed by atoms with van der Waals surface area (Å²) in [4.78, 5) is 20.1. The van der Waals surface area contributed by atoms with Gasteiger partial charge in [-0.15, -0.1) is 0 Å². The average Bonchev–Trinajstić information content (AvgIpc) is 1.64. The molecule has 0 aromatic carbocycles. The maximum atomic E-state index is 10.1. The highest BCUT2D eigenvalue weighted by Crippen LogP contribution is 2.06. The van der Waals surface area contributed by atoms with Gasteiger partial charge in [-0.25, -0.2) is 0 Å². The summed E-state index contributed by atoms with van der Waals surface area (Å²) in [6.07, 6.45) is 0.465. The molecule has 0 spiro atoms. The molecule has 3 nitrogen and oxygen atoms in total. The van der Waals surface area contributed by atoms with Gasteiger partial charge in [-0.3, -0.25) is 4.79 Å². The predicted molar refractivity (Wildman–Crippen MR) is 32.0 cm³/mol. The Hall–Kier alpha value is -0.860. The van der Waals surface area contributed by atoms with E-state index >= 15 is 0 Å². The molecule has 0 aliphatic rings. The molecule has 0 radical (unpaired) electrons. The molecular weight excluding hydrogens is 120 g/mol. The highest BCUT2D eigenvalue weighted by Gasteiger charge is 2.19. The lowest BCUT2D eigenvalue weighted by Gasteiger charge is -2.06.